The minimum absolute atomic E-state index is 0.0106. The maximum atomic E-state index is 11.3. The molecule has 0 heterocycles. The van der Waals surface area contributed by atoms with Crippen LogP contribution in [0.3, 0.4) is 0 Å². The van der Waals surface area contributed by atoms with E-state index in [0.29, 0.717) is 11.4 Å². The summed E-state index contributed by atoms with van der Waals surface area (Å²) >= 11 is 6.03. The average molecular weight is 301 g/mol. The van der Waals surface area contributed by atoms with Crippen LogP contribution in [-0.4, -0.2) is 35.0 Å². The average Bonchev–Trinajstić information content (AvgIpc) is 2.38. The number of aliphatic carboxylic acids is 1. The fourth-order valence-corrected chi connectivity index (χ4v) is 2.11. The van der Waals surface area contributed by atoms with Gasteiger partial charge in [-0.3, -0.25) is 4.79 Å². The van der Waals surface area contributed by atoms with Gasteiger partial charge >= 0.3 is 5.97 Å². The quantitative estimate of drug-likeness (QED) is 0.775. The third kappa shape index (κ3) is 5.90. The van der Waals surface area contributed by atoms with Crippen molar-refractivity contribution in [3.05, 3.63) is 34.9 Å². The van der Waals surface area contributed by atoms with E-state index in [0.717, 1.165) is 5.56 Å². The molecule has 20 heavy (non-hydrogen) atoms. The highest BCUT2D eigenvalue weighted by molar-refractivity contribution is 6.31. The topological polar surface area (TPSA) is 66.8 Å². The zero-order valence-corrected chi connectivity index (χ0v) is 12.5. The molecule has 0 radical (unpaired) electrons. The van der Waals surface area contributed by atoms with Crippen molar-refractivity contribution in [2.75, 3.05) is 6.61 Å². The molecule has 4 nitrogen and oxygen atoms in total. The number of aliphatic hydroxyl groups excluding tert-OH is 1. The lowest BCUT2D eigenvalue weighted by molar-refractivity contribution is -0.143. The molecular formula is C15H21ClO4. The van der Waals surface area contributed by atoms with Crippen molar-refractivity contribution < 1.29 is 19.7 Å². The Labute approximate surface area is 124 Å². The van der Waals surface area contributed by atoms with E-state index in [2.05, 4.69) is 0 Å². The van der Waals surface area contributed by atoms with Crippen molar-refractivity contribution in [1.29, 1.82) is 0 Å². The monoisotopic (exact) mass is 300 g/mol. The van der Waals surface area contributed by atoms with E-state index in [4.69, 9.17) is 16.3 Å². The summed E-state index contributed by atoms with van der Waals surface area (Å²) in [6.07, 6.45) is -0.335. The lowest BCUT2D eigenvalue weighted by Crippen LogP contribution is -2.27. The fourth-order valence-electron chi connectivity index (χ4n) is 1.90. The molecule has 2 N–H and O–H groups in total. The van der Waals surface area contributed by atoms with E-state index >= 15 is 0 Å². The van der Waals surface area contributed by atoms with Crippen molar-refractivity contribution in [2.24, 2.45) is 5.92 Å². The van der Waals surface area contributed by atoms with Crippen LogP contribution in [0.5, 0.6) is 0 Å². The van der Waals surface area contributed by atoms with Crippen LogP contribution in [0.25, 0.3) is 0 Å². The predicted octanol–water partition coefficient (Wildman–Crippen LogP) is 2.76. The summed E-state index contributed by atoms with van der Waals surface area (Å²) in [5.41, 5.74) is 0.776. The standard InChI is InChI=1S/C15H21ClO4/c1-10(2)20-9-13(17)8-12(15(18)19)7-11-5-3-4-6-14(11)16/h3-6,10,12-13,17H,7-9H2,1-2H3,(H,18,19). The molecule has 0 fully saturated rings. The molecule has 0 spiro atoms. The van der Waals surface area contributed by atoms with Crippen LogP contribution in [-0.2, 0) is 16.0 Å². The van der Waals surface area contributed by atoms with E-state index in [1.54, 1.807) is 18.2 Å². The number of carboxylic acids is 1. The van der Waals surface area contributed by atoms with Gasteiger partial charge in [-0.1, -0.05) is 29.8 Å². The Morgan fingerprint density at radius 2 is 2.00 bits per heavy atom. The van der Waals surface area contributed by atoms with E-state index in [1.165, 1.54) is 0 Å². The summed E-state index contributed by atoms with van der Waals surface area (Å²) in [6.45, 7) is 3.88. The van der Waals surface area contributed by atoms with Gasteiger partial charge in [-0.05, 0) is 38.3 Å². The lowest BCUT2D eigenvalue weighted by Gasteiger charge is -2.18. The molecule has 1 rings (SSSR count). The molecule has 0 aliphatic carbocycles. The molecule has 0 amide bonds. The molecule has 0 saturated heterocycles. The number of carboxylic acid groups (broad SMARTS) is 1. The van der Waals surface area contributed by atoms with Crippen molar-refractivity contribution in [2.45, 2.75) is 38.9 Å². The van der Waals surface area contributed by atoms with Gasteiger partial charge in [-0.15, -0.1) is 0 Å². The molecule has 1 aromatic rings. The first kappa shape index (κ1) is 17.0. The van der Waals surface area contributed by atoms with Crippen LogP contribution in [0.2, 0.25) is 5.02 Å². The van der Waals surface area contributed by atoms with E-state index in [-0.39, 0.29) is 19.1 Å². The Morgan fingerprint density at radius 1 is 1.35 bits per heavy atom. The Bertz CT molecular complexity index is 434. The Balaban J connectivity index is 2.61. The van der Waals surface area contributed by atoms with Gasteiger partial charge in [0.25, 0.3) is 0 Å². The van der Waals surface area contributed by atoms with Crippen LogP contribution in [0.15, 0.2) is 24.3 Å². The minimum Gasteiger partial charge on any atom is -0.481 e. The summed E-state index contributed by atoms with van der Waals surface area (Å²) in [5, 5.41) is 19.6. The normalized spacial score (nSPS) is 14.2. The molecule has 1 aromatic carbocycles. The second kappa shape index (κ2) is 8.25. The summed E-state index contributed by atoms with van der Waals surface area (Å²) < 4.78 is 5.29. The highest BCUT2D eigenvalue weighted by Gasteiger charge is 2.23. The van der Waals surface area contributed by atoms with Gasteiger partial charge in [0, 0.05) is 5.02 Å². The van der Waals surface area contributed by atoms with Gasteiger partial charge in [0.2, 0.25) is 0 Å². The predicted molar refractivity (Wildman–Crippen MR) is 78.0 cm³/mol. The lowest BCUT2D eigenvalue weighted by atomic mass is 9.94. The number of hydrogen-bond donors (Lipinski definition) is 2. The van der Waals surface area contributed by atoms with Crippen LogP contribution in [0, 0.1) is 5.92 Å². The third-order valence-electron chi connectivity index (χ3n) is 2.95. The highest BCUT2D eigenvalue weighted by atomic mass is 35.5. The van der Waals surface area contributed by atoms with Crippen molar-refractivity contribution in [3.8, 4) is 0 Å². The molecule has 0 aliphatic rings. The second-order valence-electron chi connectivity index (χ2n) is 5.10. The fraction of sp³-hybridized carbons (Fsp3) is 0.533. The third-order valence-corrected chi connectivity index (χ3v) is 3.32. The molecule has 0 bridgehead atoms. The smallest absolute Gasteiger partial charge is 0.306 e. The number of benzene rings is 1. The number of halogens is 1. The first-order valence-electron chi connectivity index (χ1n) is 6.66. The maximum Gasteiger partial charge on any atom is 0.306 e. The van der Waals surface area contributed by atoms with Gasteiger partial charge in [-0.25, -0.2) is 0 Å². The van der Waals surface area contributed by atoms with Gasteiger partial charge in [0.15, 0.2) is 0 Å². The molecule has 5 heteroatoms. The SMILES string of the molecule is CC(C)OCC(O)CC(Cc1ccccc1Cl)C(=O)O. The summed E-state index contributed by atoms with van der Waals surface area (Å²) in [6, 6.07) is 7.15. The van der Waals surface area contributed by atoms with Gasteiger partial charge in [-0.2, -0.15) is 0 Å². The molecule has 0 saturated carbocycles. The zero-order valence-electron chi connectivity index (χ0n) is 11.8. The number of aliphatic hydroxyl groups is 1. The molecule has 2 unspecified atom stereocenters. The first-order valence-corrected chi connectivity index (χ1v) is 7.03. The van der Waals surface area contributed by atoms with Crippen LogP contribution < -0.4 is 0 Å². The molecule has 0 aromatic heterocycles. The number of rotatable bonds is 8. The Hall–Kier alpha value is -1.10. The Kier molecular flexibility index (Phi) is 6.99. The highest BCUT2D eigenvalue weighted by Crippen LogP contribution is 2.21. The second-order valence-corrected chi connectivity index (χ2v) is 5.51. The van der Waals surface area contributed by atoms with E-state index in [9.17, 15) is 15.0 Å². The largest absolute Gasteiger partial charge is 0.481 e. The number of hydrogen-bond acceptors (Lipinski definition) is 3. The summed E-state index contributed by atoms with van der Waals surface area (Å²) in [4.78, 5) is 11.3. The van der Waals surface area contributed by atoms with Crippen LogP contribution in [0.1, 0.15) is 25.8 Å². The van der Waals surface area contributed by atoms with Crippen molar-refractivity contribution in [3.63, 3.8) is 0 Å². The van der Waals surface area contributed by atoms with Crippen molar-refractivity contribution >= 4 is 17.6 Å². The molecule has 112 valence electrons. The summed E-state index contributed by atoms with van der Waals surface area (Å²) in [5.74, 6) is -1.62. The van der Waals surface area contributed by atoms with Gasteiger partial charge in [0.05, 0.1) is 24.7 Å². The maximum absolute atomic E-state index is 11.3. The van der Waals surface area contributed by atoms with Crippen LogP contribution in [0.4, 0.5) is 0 Å². The zero-order chi connectivity index (χ0) is 15.1. The van der Waals surface area contributed by atoms with E-state index in [1.807, 2.05) is 19.9 Å². The molecule has 0 aliphatic heterocycles. The number of carbonyl (C=O) groups is 1. The van der Waals surface area contributed by atoms with Crippen molar-refractivity contribution in [1.82, 2.24) is 0 Å². The van der Waals surface area contributed by atoms with Gasteiger partial charge < -0.3 is 14.9 Å². The first-order chi connectivity index (χ1) is 9.40. The number of ether oxygens (including phenoxy) is 1. The van der Waals surface area contributed by atoms with Gasteiger partial charge in [0.1, 0.15) is 0 Å². The van der Waals surface area contributed by atoms with Crippen LogP contribution >= 0.6 is 11.6 Å². The molecular weight excluding hydrogens is 280 g/mol. The van der Waals surface area contributed by atoms with E-state index < -0.39 is 18.0 Å². The molecule has 2 atom stereocenters. The Morgan fingerprint density at radius 3 is 2.55 bits per heavy atom. The summed E-state index contributed by atoms with van der Waals surface area (Å²) in [7, 11) is 0. The minimum atomic E-state index is -0.937.